The zero-order chi connectivity index (χ0) is 34.7. The molecule has 1 N–H and O–H groups in total. The van der Waals surface area contributed by atoms with E-state index in [2.05, 4.69) is 9.88 Å². The molecule has 0 aliphatic carbocycles. The number of aromatic nitrogens is 2. The largest absolute Gasteiger partial charge is 0.416 e. The van der Waals surface area contributed by atoms with Gasteiger partial charge in [0.1, 0.15) is 12.2 Å². The van der Waals surface area contributed by atoms with Crippen molar-refractivity contribution in [2.24, 2.45) is 0 Å². The predicted molar refractivity (Wildman–Crippen MR) is 179 cm³/mol. The van der Waals surface area contributed by atoms with Crippen molar-refractivity contribution in [2.75, 3.05) is 20.1 Å². The summed E-state index contributed by atoms with van der Waals surface area (Å²) in [6, 6.07) is 21.6. The van der Waals surface area contributed by atoms with Crippen LogP contribution in [0.25, 0.3) is 22.2 Å². The Hall–Kier alpha value is -4.55. The molecule has 0 bridgehead atoms. The lowest BCUT2D eigenvalue weighted by molar-refractivity contribution is -0.137. The van der Waals surface area contributed by atoms with Crippen LogP contribution in [0.2, 0.25) is 0 Å². The Morgan fingerprint density at radius 3 is 2.31 bits per heavy atom. The summed E-state index contributed by atoms with van der Waals surface area (Å²) in [4.78, 5) is 23.0. The Morgan fingerprint density at radius 2 is 1.63 bits per heavy atom. The molecule has 49 heavy (non-hydrogen) atoms. The van der Waals surface area contributed by atoms with E-state index in [9.17, 15) is 26.7 Å². The van der Waals surface area contributed by atoms with Gasteiger partial charge in [-0.1, -0.05) is 48.5 Å². The van der Waals surface area contributed by atoms with E-state index >= 15 is 0 Å². The van der Waals surface area contributed by atoms with Gasteiger partial charge in [0.25, 0.3) is 0 Å². The molecule has 254 valence electrons. The maximum atomic E-state index is 14.5. The highest BCUT2D eigenvalue weighted by molar-refractivity contribution is 7.98. The third-order valence-corrected chi connectivity index (χ3v) is 9.96. The summed E-state index contributed by atoms with van der Waals surface area (Å²) in [5.41, 5.74) is 2.18. The maximum Gasteiger partial charge on any atom is 0.416 e. The highest BCUT2D eigenvalue weighted by Gasteiger charge is 2.30. The number of halogens is 5. The lowest BCUT2D eigenvalue weighted by atomic mass is 10.0. The lowest BCUT2D eigenvalue weighted by Gasteiger charge is -2.38. The van der Waals surface area contributed by atoms with Gasteiger partial charge in [-0.3, -0.25) is 4.79 Å². The molecule has 0 atom stereocenters. The number of rotatable bonds is 9. The summed E-state index contributed by atoms with van der Waals surface area (Å²) >= 11 is 1.20. The van der Waals surface area contributed by atoms with Crippen molar-refractivity contribution in [2.45, 2.75) is 48.9 Å². The third-order valence-electron chi connectivity index (χ3n) is 8.87. The molecular formula is C37H34F5N5OS. The van der Waals surface area contributed by atoms with Crippen LogP contribution in [0, 0.1) is 17.0 Å². The van der Waals surface area contributed by atoms with Gasteiger partial charge in [-0.2, -0.15) is 13.2 Å². The van der Waals surface area contributed by atoms with E-state index in [1.165, 1.54) is 36.0 Å². The third kappa shape index (κ3) is 7.86. The molecule has 1 saturated heterocycles. The van der Waals surface area contributed by atoms with Crippen LogP contribution in [0.15, 0.2) is 96.2 Å². The van der Waals surface area contributed by atoms with Gasteiger partial charge >= 0.3 is 6.18 Å². The molecule has 5 aromatic rings. The van der Waals surface area contributed by atoms with Crippen LogP contribution in [-0.2, 0) is 29.8 Å². The van der Waals surface area contributed by atoms with Crippen molar-refractivity contribution in [3.05, 3.63) is 125 Å². The molecule has 1 aliphatic rings. The summed E-state index contributed by atoms with van der Waals surface area (Å²) in [5.74, 6) is -1.95. The first-order valence-corrected chi connectivity index (χ1v) is 16.8. The number of benzene rings is 3. The van der Waals surface area contributed by atoms with Crippen molar-refractivity contribution in [3.63, 3.8) is 0 Å². The number of thioether (sulfide) groups is 1. The average molecular weight is 692 g/mol. The van der Waals surface area contributed by atoms with Gasteiger partial charge in [-0.25, -0.2) is 13.8 Å². The fraction of sp³-hybridized carbons (Fsp3) is 0.270. The molecule has 0 radical (unpaired) electrons. The lowest BCUT2D eigenvalue weighted by Crippen LogP contribution is -2.47. The van der Waals surface area contributed by atoms with Gasteiger partial charge in [0.2, 0.25) is 5.91 Å². The highest BCUT2D eigenvalue weighted by Crippen LogP contribution is 2.32. The minimum Gasteiger partial charge on any atom is -0.334 e. The second-order valence-electron chi connectivity index (χ2n) is 12.2. The molecule has 0 saturated carbocycles. The van der Waals surface area contributed by atoms with Crippen molar-refractivity contribution in [3.8, 4) is 11.1 Å². The van der Waals surface area contributed by atoms with Crippen LogP contribution in [-0.4, -0.2) is 51.4 Å². The van der Waals surface area contributed by atoms with Gasteiger partial charge < -0.3 is 19.8 Å². The first-order valence-electron chi connectivity index (χ1n) is 15.8. The Labute approximate surface area is 284 Å². The highest BCUT2D eigenvalue weighted by atomic mass is 32.2. The number of fused-ring (bicyclic) bond motifs is 1. The summed E-state index contributed by atoms with van der Waals surface area (Å²) < 4.78 is 69.4. The van der Waals surface area contributed by atoms with E-state index in [1.54, 1.807) is 29.0 Å². The fourth-order valence-electron chi connectivity index (χ4n) is 6.09. The molecule has 1 amide bonds. The van der Waals surface area contributed by atoms with Crippen LogP contribution in [0.4, 0.5) is 22.0 Å². The molecule has 12 heteroatoms. The van der Waals surface area contributed by atoms with Crippen LogP contribution < -0.4 is 5.36 Å². The van der Waals surface area contributed by atoms with E-state index in [1.807, 2.05) is 36.2 Å². The minimum absolute atomic E-state index is 0.0361. The summed E-state index contributed by atoms with van der Waals surface area (Å²) in [5, 5.41) is 9.91. The number of hydrogen-bond donors (Lipinski definition) is 1. The Balaban J connectivity index is 1.29. The number of hydrogen-bond acceptors (Lipinski definition) is 5. The number of nitrogens with one attached hydrogen (secondary N) is 1. The Morgan fingerprint density at radius 1 is 0.959 bits per heavy atom. The van der Waals surface area contributed by atoms with E-state index in [0.29, 0.717) is 28.2 Å². The zero-order valence-electron chi connectivity index (χ0n) is 26.7. The molecule has 1 aliphatic heterocycles. The SMILES string of the molecule is CN1CCC(N(Cc2ccc(-c3ccc(C(F)(F)F)cc3)cc2)C(=O)Cn2c(SCc3cccc(F)c3F)cc(=N)c3cccnc32)CC1. The number of likely N-dealkylation sites (tertiary alicyclic amines) is 1. The molecule has 3 heterocycles. The zero-order valence-corrected chi connectivity index (χ0v) is 27.5. The van der Waals surface area contributed by atoms with Crippen molar-refractivity contribution >= 4 is 28.7 Å². The monoisotopic (exact) mass is 691 g/mol. The summed E-state index contributed by atoms with van der Waals surface area (Å²) in [6.45, 7) is 1.89. The number of carbonyl (C=O) groups excluding carboxylic acids is 1. The number of pyridine rings is 2. The fourth-order valence-corrected chi connectivity index (χ4v) is 7.13. The van der Waals surface area contributed by atoms with Crippen molar-refractivity contribution < 1.29 is 26.7 Å². The van der Waals surface area contributed by atoms with Crippen LogP contribution in [0.3, 0.4) is 0 Å². The summed E-state index contributed by atoms with van der Waals surface area (Å²) in [6.07, 6.45) is -1.26. The predicted octanol–water partition coefficient (Wildman–Crippen LogP) is 7.90. The first-order chi connectivity index (χ1) is 23.5. The molecule has 6 nitrogen and oxygen atoms in total. The van der Waals surface area contributed by atoms with E-state index < -0.39 is 23.4 Å². The van der Waals surface area contributed by atoms with Crippen LogP contribution in [0.1, 0.15) is 29.5 Å². The maximum absolute atomic E-state index is 14.5. The Bertz CT molecular complexity index is 2010. The smallest absolute Gasteiger partial charge is 0.334 e. The molecule has 2 aromatic heterocycles. The van der Waals surface area contributed by atoms with Crippen LogP contribution >= 0.6 is 11.8 Å². The van der Waals surface area contributed by atoms with Gasteiger partial charge in [0.15, 0.2) is 11.6 Å². The second kappa shape index (κ2) is 14.5. The van der Waals surface area contributed by atoms with Gasteiger partial charge in [0, 0.05) is 35.5 Å². The number of piperidine rings is 1. The van der Waals surface area contributed by atoms with Crippen LogP contribution in [0.5, 0.6) is 0 Å². The number of carbonyl (C=O) groups is 1. The van der Waals surface area contributed by atoms with Crippen molar-refractivity contribution in [1.29, 1.82) is 5.41 Å². The molecule has 0 unspecified atom stereocenters. The average Bonchev–Trinajstić information content (AvgIpc) is 3.09. The van der Waals surface area contributed by atoms with E-state index in [4.69, 9.17) is 5.41 Å². The topological polar surface area (TPSA) is 65.2 Å². The van der Waals surface area contributed by atoms with Gasteiger partial charge in [-0.15, -0.1) is 11.8 Å². The van der Waals surface area contributed by atoms with Crippen molar-refractivity contribution in [1.82, 2.24) is 19.4 Å². The number of amides is 1. The van der Waals surface area contributed by atoms with Gasteiger partial charge in [0.05, 0.1) is 15.9 Å². The van der Waals surface area contributed by atoms with E-state index in [-0.39, 0.29) is 35.2 Å². The minimum atomic E-state index is -4.41. The molecule has 3 aromatic carbocycles. The summed E-state index contributed by atoms with van der Waals surface area (Å²) in [7, 11) is 2.04. The van der Waals surface area contributed by atoms with Gasteiger partial charge in [-0.05, 0) is 86.1 Å². The Kier molecular flexibility index (Phi) is 10.2. The first kappa shape index (κ1) is 34.3. The quantitative estimate of drug-likeness (QED) is 0.126. The normalized spacial score (nSPS) is 14.3. The standard InChI is InChI=1S/C37H34F5N5OS/c1-45-18-15-29(16-19-45)46(21-24-7-9-25(10-8-24)26-11-13-28(14-12-26)37(40,41)42)33(48)22-47-34(20-32(43)30-5-3-17-44-36(30)47)49-23-27-4-2-6-31(38)35(27)39/h2-14,17,20,29,43H,15-16,18-19,21-23H2,1H3. The number of alkyl halides is 3. The molecule has 1 fully saturated rings. The molecular weight excluding hydrogens is 657 g/mol. The number of nitrogens with zero attached hydrogens (tertiary/aromatic N) is 4. The second-order valence-corrected chi connectivity index (χ2v) is 13.2. The molecule has 6 rings (SSSR count). The molecule has 0 spiro atoms. The van der Waals surface area contributed by atoms with E-state index in [0.717, 1.165) is 55.3 Å².